The number of H-pyrrole nitrogens is 1. The third-order valence-electron chi connectivity index (χ3n) is 3.97. The zero-order valence-electron chi connectivity index (χ0n) is 13.0. The van der Waals surface area contributed by atoms with E-state index in [0.29, 0.717) is 17.1 Å². The van der Waals surface area contributed by atoms with Crippen molar-refractivity contribution in [2.75, 3.05) is 12.4 Å². The summed E-state index contributed by atoms with van der Waals surface area (Å²) in [7, 11) is 1.58. The number of nitrogens with zero attached hydrogens (tertiary/aromatic N) is 1. The monoisotopic (exact) mass is 317 g/mol. The first-order valence-corrected chi connectivity index (χ1v) is 7.57. The molecule has 4 rings (SSSR count). The van der Waals surface area contributed by atoms with E-state index in [1.165, 1.54) is 0 Å². The summed E-state index contributed by atoms with van der Waals surface area (Å²) in [6.07, 6.45) is 1.75. The number of carbonyl (C=O) groups is 1. The van der Waals surface area contributed by atoms with Crippen molar-refractivity contribution in [3.05, 3.63) is 66.5 Å². The molecule has 2 aromatic carbocycles. The zero-order chi connectivity index (χ0) is 16.5. The van der Waals surface area contributed by atoms with Gasteiger partial charge in [0.05, 0.1) is 23.8 Å². The van der Waals surface area contributed by atoms with Crippen molar-refractivity contribution in [2.45, 2.75) is 0 Å². The fourth-order valence-corrected chi connectivity index (χ4v) is 2.80. The topological polar surface area (TPSA) is 67.0 Å². The Kier molecular flexibility index (Phi) is 3.39. The van der Waals surface area contributed by atoms with Crippen LogP contribution in [0, 0.1) is 0 Å². The number of aromatic nitrogens is 2. The van der Waals surface area contributed by atoms with Crippen LogP contribution in [0.25, 0.3) is 21.8 Å². The number of carbonyl (C=O) groups excluding carboxylic acids is 1. The summed E-state index contributed by atoms with van der Waals surface area (Å²) in [5.74, 6) is 0.397. The second kappa shape index (κ2) is 5.70. The van der Waals surface area contributed by atoms with Crippen molar-refractivity contribution in [3.8, 4) is 5.75 Å². The van der Waals surface area contributed by atoms with Crippen molar-refractivity contribution >= 4 is 33.4 Å². The van der Waals surface area contributed by atoms with Crippen LogP contribution in [0.1, 0.15) is 10.5 Å². The molecule has 1 amide bonds. The van der Waals surface area contributed by atoms with Crippen molar-refractivity contribution in [1.29, 1.82) is 0 Å². The van der Waals surface area contributed by atoms with Gasteiger partial charge >= 0.3 is 0 Å². The molecule has 0 fully saturated rings. The third kappa shape index (κ3) is 2.36. The highest BCUT2D eigenvalue weighted by atomic mass is 16.5. The van der Waals surface area contributed by atoms with Gasteiger partial charge in [-0.15, -0.1) is 0 Å². The highest BCUT2D eigenvalue weighted by molar-refractivity contribution is 6.10. The number of rotatable bonds is 3. The summed E-state index contributed by atoms with van der Waals surface area (Å²) in [5.41, 5.74) is 2.82. The fraction of sp³-hybridized carbons (Fsp3) is 0.0526. The van der Waals surface area contributed by atoms with Crippen LogP contribution in [-0.4, -0.2) is 23.0 Å². The van der Waals surface area contributed by atoms with Crippen LogP contribution in [0.3, 0.4) is 0 Å². The average Bonchev–Trinajstić information content (AvgIpc) is 3.07. The molecule has 0 spiro atoms. The average molecular weight is 317 g/mol. The van der Waals surface area contributed by atoms with Gasteiger partial charge in [0.25, 0.3) is 5.91 Å². The van der Waals surface area contributed by atoms with E-state index >= 15 is 0 Å². The van der Waals surface area contributed by atoms with Crippen molar-refractivity contribution in [2.24, 2.45) is 0 Å². The molecule has 24 heavy (non-hydrogen) atoms. The van der Waals surface area contributed by atoms with Gasteiger partial charge in [-0.05, 0) is 24.3 Å². The molecule has 2 N–H and O–H groups in total. The number of pyridine rings is 1. The Balaban J connectivity index is 1.73. The van der Waals surface area contributed by atoms with E-state index < -0.39 is 0 Å². The number of benzene rings is 2. The first kappa shape index (κ1) is 14.3. The highest BCUT2D eigenvalue weighted by Crippen LogP contribution is 2.26. The van der Waals surface area contributed by atoms with E-state index in [1.54, 1.807) is 25.4 Å². The molecule has 2 heterocycles. The number of hydrogen-bond acceptors (Lipinski definition) is 3. The van der Waals surface area contributed by atoms with Crippen LogP contribution in [0.15, 0.2) is 60.8 Å². The normalized spacial score (nSPS) is 10.9. The highest BCUT2D eigenvalue weighted by Gasteiger charge is 2.13. The van der Waals surface area contributed by atoms with Crippen LogP contribution < -0.4 is 10.1 Å². The van der Waals surface area contributed by atoms with Crippen molar-refractivity contribution in [1.82, 2.24) is 9.97 Å². The van der Waals surface area contributed by atoms with E-state index in [1.807, 2.05) is 42.5 Å². The summed E-state index contributed by atoms with van der Waals surface area (Å²) >= 11 is 0. The molecular weight excluding hydrogens is 302 g/mol. The van der Waals surface area contributed by atoms with Crippen molar-refractivity contribution in [3.63, 3.8) is 0 Å². The number of para-hydroxylation sites is 2. The molecule has 118 valence electrons. The Labute approximate surface area is 138 Å². The predicted molar refractivity (Wildman–Crippen MR) is 94.5 cm³/mol. The molecule has 0 aliphatic heterocycles. The summed E-state index contributed by atoms with van der Waals surface area (Å²) in [6.45, 7) is 0. The lowest BCUT2D eigenvalue weighted by Crippen LogP contribution is -2.12. The van der Waals surface area contributed by atoms with E-state index in [4.69, 9.17) is 4.74 Å². The predicted octanol–water partition coefficient (Wildman–Crippen LogP) is 3.98. The summed E-state index contributed by atoms with van der Waals surface area (Å²) < 4.78 is 5.26. The van der Waals surface area contributed by atoms with Crippen LogP contribution in [0.2, 0.25) is 0 Å². The Morgan fingerprint density at radius 2 is 1.92 bits per heavy atom. The maximum absolute atomic E-state index is 12.6. The maximum atomic E-state index is 12.6. The fourth-order valence-electron chi connectivity index (χ4n) is 2.80. The Bertz CT molecular complexity index is 1050. The largest absolute Gasteiger partial charge is 0.495 e. The molecule has 5 heteroatoms. The SMILES string of the molecule is COc1ccccc1NC(=O)c1cc2ccc3cccnc3c2[nH]1. The molecule has 0 unspecified atom stereocenters. The summed E-state index contributed by atoms with van der Waals surface area (Å²) in [4.78, 5) is 20.2. The number of amides is 1. The minimum Gasteiger partial charge on any atom is -0.495 e. The lowest BCUT2D eigenvalue weighted by atomic mass is 10.1. The molecule has 0 atom stereocenters. The Morgan fingerprint density at radius 3 is 2.79 bits per heavy atom. The minimum atomic E-state index is -0.222. The van der Waals surface area contributed by atoms with Crippen LogP contribution in [0.5, 0.6) is 5.75 Å². The molecular formula is C19H15N3O2. The van der Waals surface area contributed by atoms with Gasteiger partial charge in [0.2, 0.25) is 0 Å². The second-order valence-electron chi connectivity index (χ2n) is 5.44. The first-order valence-electron chi connectivity index (χ1n) is 7.57. The lowest BCUT2D eigenvalue weighted by Gasteiger charge is -2.08. The van der Waals surface area contributed by atoms with E-state index in [-0.39, 0.29) is 5.91 Å². The van der Waals surface area contributed by atoms with Gasteiger partial charge in [0.1, 0.15) is 11.4 Å². The van der Waals surface area contributed by atoms with Gasteiger partial charge < -0.3 is 15.0 Å². The molecule has 0 bridgehead atoms. The van der Waals surface area contributed by atoms with Gasteiger partial charge in [-0.1, -0.05) is 30.3 Å². The Hall–Kier alpha value is -3.34. The summed E-state index contributed by atoms with van der Waals surface area (Å²) in [6, 6.07) is 17.0. The quantitative estimate of drug-likeness (QED) is 0.600. The van der Waals surface area contributed by atoms with Crippen LogP contribution >= 0.6 is 0 Å². The smallest absolute Gasteiger partial charge is 0.272 e. The molecule has 0 saturated heterocycles. The first-order chi connectivity index (χ1) is 11.8. The molecule has 0 aliphatic rings. The van der Waals surface area contributed by atoms with Gasteiger partial charge in [-0.3, -0.25) is 9.78 Å². The molecule has 0 saturated carbocycles. The Morgan fingerprint density at radius 1 is 1.08 bits per heavy atom. The summed E-state index contributed by atoms with van der Waals surface area (Å²) in [5, 5.41) is 4.85. The lowest BCUT2D eigenvalue weighted by molar-refractivity contribution is 0.102. The molecule has 5 nitrogen and oxygen atoms in total. The maximum Gasteiger partial charge on any atom is 0.272 e. The third-order valence-corrected chi connectivity index (χ3v) is 3.97. The van der Waals surface area contributed by atoms with Crippen LogP contribution in [-0.2, 0) is 0 Å². The van der Waals surface area contributed by atoms with Gasteiger partial charge in [0.15, 0.2) is 0 Å². The number of methoxy groups -OCH3 is 1. The minimum absolute atomic E-state index is 0.222. The zero-order valence-corrected chi connectivity index (χ0v) is 13.0. The van der Waals surface area contributed by atoms with Crippen molar-refractivity contribution < 1.29 is 9.53 Å². The molecule has 0 aliphatic carbocycles. The van der Waals surface area contributed by atoms with Crippen LogP contribution in [0.4, 0.5) is 5.69 Å². The molecule has 0 radical (unpaired) electrons. The number of anilines is 1. The second-order valence-corrected chi connectivity index (χ2v) is 5.44. The number of nitrogens with one attached hydrogen (secondary N) is 2. The standard InChI is InChI=1S/C19H15N3O2/c1-24-16-7-3-2-6-14(16)22-19(23)15-11-13-9-8-12-5-4-10-20-17(12)18(13)21-15/h2-11,21H,1H3,(H,22,23). The number of fused-ring (bicyclic) bond motifs is 3. The van der Waals surface area contributed by atoms with E-state index in [2.05, 4.69) is 15.3 Å². The van der Waals surface area contributed by atoms with Gasteiger partial charge in [-0.25, -0.2) is 0 Å². The number of ether oxygens (including phenoxy) is 1. The number of hydrogen-bond donors (Lipinski definition) is 2. The van der Waals surface area contributed by atoms with E-state index in [0.717, 1.165) is 21.8 Å². The number of aromatic amines is 1. The van der Waals surface area contributed by atoms with Gasteiger partial charge in [-0.2, -0.15) is 0 Å². The molecule has 2 aromatic heterocycles. The van der Waals surface area contributed by atoms with E-state index in [9.17, 15) is 4.79 Å². The molecule has 4 aromatic rings. The van der Waals surface area contributed by atoms with Gasteiger partial charge in [0, 0.05) is 17.0 Å².